The summed E-state index contributed by atoms with van der Waals surface area (Å²) in [6.45, 7) is 4.19. The highest BCUT2D eigenvalue weighted by Gasteiger charge is 2.45. The molecule has 0 radical (unpaired) electrons. The molecule has 2 aliphatic heterocycles. The van der Waals surface area contributed by atoms with Crippen molar-refractivity contribution in [2.24, 2.45) is 0 Å². The highest BCUT2D eigenvalue weighted by molar-refractivity contribution is 5.45. The Labute approximate surface area is 127 Å². The molecule has 0 aromatic heterocycles. The molecule has 3 rings (SSSR count). The maximum Gasteiger partial charge on any atom is 0.119 e. The number of rotatable bonds is 2. The molecule has 3 nitrogen and oxygen atoms in total. The van der Waals surface area contributed by atoms with Gasteiger partial charge in [-0.25, -0.2) is 0 Å². The number of methoxy groups -OCH3 is 1. The lowest BCUT2D eigenvalue weighted by Crippen LogP contribution is -2.55. The van der Waals surface area contributed by atoms with E-state index < -0.39 is 5.60 Å². The van der Waals surface area contributed by atoms with Crippen molar-refractivity contribution in [2.45, 2.75) is 63.6 Å². The van der Waals surface area contributed by atoms with Gasteiger partial charge in [-0.05, 0) is 75.4 Å². The molecule has 2 fully saturated rings. The van der Waals surface area contributed by atoms with Crippen LogP contribution in [-0.2, 0) is 5.60 Å². The summed E-state index contributed by atoms with van der Waals surface area (Å²) in [6.07, 6.45) is 5.44. The van der Waals surface area contributed by atoms with Crippen molar-refractivity contribution in [3.8, 4) is 5.75 Å². The van der Waals surface area contributed by atoms with Gasteiger partial charge in [-0.1, -0.05) is 6.42 Å². The van der Waals surface area contributed by atoms with Gasteiger partial charge in [-0.2, -0.15) is 0 Å². The van der Waals surface area contributed by atoms with E-state index in [9.17, 15) is 5.11 Å². The lowest BCUT2D eigenvalue weighted by atomic mass is 9.71. The Morgan fingerprint density at radius 3 is 2.14 bits per heavy atom. The fraction of sp³-hybridized carbons (Fsp3) is 0.667. The highest BCUT2D eigenvalue weighted by atomic mass is 16.5. The topological polar surface area (TPSA) is 32.7 Å². The third kappa shape index (κ3) is 2.47. The number of piperidine rings is 2. The first-order chi connectivity index (χ1) is 9.94. The molecule has 3 heteroatoms. The summed E-state index contributed by atoms with van der Waals surface area (Å²) in [6, 6.07) is 5.13. The molecule has 2 heterocycles. The van der Waals surface area contributed by atoms with Gasteiger partial charge in [0.25, 0.3) is 0 Å². The normalized spacial score (nSPS) is 33.0. The van der Waals surface area contributed by atoms with E-state index in [1.807, 2.05) is 0 Å². The van der Waals surface area contributed by atoms with Crippen LogP contribution in [0.25, 0.3) is 0 Å². The van der Waals surface area contributed by atoms with Crippen LogP contribution < -0.4 is 4.74 Å². The molecule has 0 aliphatic carbocycles. The minimum absolute atomic E-state index is 0.517. The Kier molecular flexibility index (Phi) is 3.74. The van der Waals surface area contributed by atoms with Gasteiger partial charge in [-0.3, -0.25) is 0 Å². The van der Waals surface area contributed by atoms with Gasteiger partial charge in [0, 0.05) is 12.1 Å². The molecule has 21 heavy (non-hydrogen) atoms. The fourth-order valence-electron chi connectivity index (χ4n) is 4.63. The quantitative estimate of drug-likeness (QED) is 0.908. The smallest absolute Gasteiger partial charge is 0.119 e. The van der Waals surface area contributed by atoms with E-state index in [1.54, 1.807) is 7.11 Å². The lowest BCUT2D eigenvalue weighted by molar-refractivity contribution is -0.0881. The molecular weight excluding hydrogens is 262 g/mol. The molecule has 1 N–H and O–H groups in total. The Morgan fingerprint density at radius 1 is 1.14 bits per heavy atom. The van der Waals surface area contributed by atoms with Crippen LogP contribution in [0.5, 0.6) is 5.75 Å². The highest BCUT2D eigenvalue weighted by Crippen LogP contribution is 2.45. The maximum atomic E-state index is 11.4. The molecule has 2 unspecified atom stereocenters. The summed E-state index contributed by atoms with van der Waals surface area (Å²) < 4.78 is 5.35. The van der Waals surface area contributed by atoms with Gasteiger partial charge in [0.15, 0.2) is 0 Å². The van der Waals surface area contributed by atoms with E-state index in [0.29, 0.717) is 12.1 Å². The molecule has 1 aromatic carbocycles. The van der Waals surface area contributed by atoms with Crippen molar-refractivity contribution in [1.29, 1.82) is 0 Å². The van der Waals surface area contributed by atoms with Crippen molar-refractivity contribution in [3.05, 3.63) is 28.8 Å². The van der Waals surface area contributed by atoms with Crippen molar-refractivity contribution in [2.75, 3.05) is 14.2 Å². The summed E-state index contributed by atoms with van der Waals surface area (Å²) in [5, 5.41) is 11.4. The Hall–Kier alpha value is -1.06. The monoisotopic (exact) mass is 289 g/mol. The van der Waals surface area contributed by atoms with Gasteiger partial charge in [0.05, 0.1) is 12.7 Å². The maximum absolute atomic E-state index is 11.4. The summed E-state index contributed by atoms with van der Waals surface area (Å²) in [7, 11) is 3.92. The average Bonchev–Trinajstić information content (AvgIpc) is 2.40. The molecule has 0 spiro atoms. The molecule has 116 valence electrons. The van der Waals surface area contributed by atoms with Crippen molar-refractivity contribution in [1.82, 2.24) is 4.90 Å². The predicted molar refractivity (Wildman–Crippen MR) is 84.8 cm³/mol. The van der Waals surface area contributed by atoms with Crippen molar-refractivity contribution < 1.29 is 9.84 Å². The van der Waals surface area contributed by atoms with Crippen LogP contribution >= 0.6 is 0 Å². The zero-order chi connectivity index (χ0) is 15.2. The van der Waals surface area contributed by atoms with Gasteiger partial charge in [0.2, 0.25) is 0 Å². The van der Waals surface area contributed by atoms with Crippen LogP contribution in [0.2, 0.25) is 0 Å². The van der Waals surface area contributed by atoms with Crippen molar-refractivity contribution in [3.63, 3.8) is 0 Å². The summed E-state index contributed by atoms with van der Waals surface area (Å²) in [4.78, 5) is 2.49. The predicted octanol–water partition coefficient (Wildman–Crippen LogP) is 3.15. The number of aryl methyl sites for hydroxylation is 2. The molecule has 2 aliphatic rings. The molecule has 2 atom stereocenters. The van der Waals surface area contributed by atoms with Crippen LogP contribution in [-0.4, -0.2) is 36.2 Å². The van der Waals surface area contributed by atoms with Crippen LogP contribution in [0.15, 0.2) is 12.1 Å². The Balaban J connectivity index is 2.00. The number of hydrogen-bond acceptors (Lipinski definition) is 3. The van der Waals surface area contributed by atoms with E-state index in [-0.39, 0.29) is 0 Å². The van der Waals surface area contributed by atoms with Crippen LogP contribution in [0, 0.1) is 13.8 Å². The molecule has 2 saturated heterocycles. The van der Waals surface area contributed by atoms with Crippen LogP contribution in [0.3, 0.4) is 0 Å². The zero-order valence-corrected chi connectivity index (χ0v) is 13.6. The molecule has 0 amide bonds. The second kappa shape index (κ2) is 5.29. The first-order valence-electron chi connectivity index (χ1n) is 8.04. The molecule has 1 aromatic rings. The standard InChI is InChI=1S/C18H27NO2/c1-12-8-16(21-4)9-13(2)17(12)18(20)10-14-6-5-7-15(11-18)19(14)3/h8-9,14-15,20H,5-7,10-11H2,1-4H3. The third-order valence-electron chi connectivity index (χ3n) is 5.58. The molecule has 2 bridgehead atoms. The van der Waals surface area contributed by atoms with Gasteiger partial charge < -0.3 is 14.7 Å². The fourth-order valence-corrected chi connectivity index (χ4v) is 4.63. The third-order valence-corrected chi connectivity index (χ3v) is 5.58. The first kappa shape index (κ1) is 14.9. The lowest BCUT2D eigenvalue weighted by Gasteiger charge is -2.51. The zero-order valence-electron chi connectivity index (χ0n) is 13.6. The minimum atomic E-state index is -0.678. The van der Waals surface area contributed by atoms with E-state index in [2.05, 4.69) is 37.9 Å². The summed E-state index contributed by atoms with van der Waals surface area (Å²) in [5.41, 5.74) is 2.75. The van der Waals surface area contributed by atoms with Gasteiger partial charge in [0.1, 0.15) is 5.75 Å². The number of ether oxygens (including phenoxy) is 1. The van der Waals surface area contributed by atoms with Crippen LogP contribution in [0.4, 0.5) is 0 Å². The average molecular weight is 289 g/mol. The summed E-state index contributed by atoms with van der Waals surface area (Å²) in [5.74, 6) is 0.880. The first-order valence-corrected chi connectivity index (χ1v) is 8.04. The van der Waals surface area contributed by atoms with Gasteiger partial charge in [-0.15, -0.1) is 0 Å². The second-order valence-electron chi connectivity index (χ2n) is 6.98. The second-order valence-corrected chi connectivity index (χ2v) is 6.98. The SMILES string of the molecule is COc1cc(C)c(C2(O)CC3CCCC(C2)N3C)c(C)c1. The minimum Gasteiger partial charge on any atom is -0.497 e. The number of fused-ring (bicyclic) bond motifs is 2. The number of nitrogens with zero attached hydrogens (tertiary/aromatic N) is 1. The largest absolute Gasteiger partial charge is 0.497 e. The van der Waals surface area contributed by atoms with E-state index in [1.165, 1.54) is 19.3 Å². The molecular formula is C18H27NO2. The van der Waals surface area contributed by atoms with E-state index in [4.69, 9.17) is 4.74 Å². The van der Waals surface area contributed by atoms with Gasteiger partial charge >= 0.3 is 0 Å². The van der Waals surface area contributed by atoms with Crippen molar-refractivity contribution >= 4 is 0 Å². The number of benzene rings is 1. The van der Waals surface area contributed by atoms with E-state index in [0.717, 1.165) is 35.3 Å². The number of hydrogen-bond donors (Lipinski definition) is 1. The molecule has 0 saturated carbocycles. The van der Waals surface area contributed by atoms with E-state index >= 15 is 0 Å². The number of aliphatic hydroxyl groups is 1. The Bertz CT molecular complexity index is 503. The Morgan fingerprint density at radius 2 is 1.67 bits per heavy atom. The summed E-state index contributed by atoms with van der Waals surface area (Å²) >= 11 is 0. The van der Waals surface area contributed by atoms with Crippen LogP contribution in [0.1, 0.15) is 48.8 Å².